The molecule has 2 N–H and O–H groups in total. The van der Waals surface area contributed by atoms with Crippen LogP contribution in [0.5, 0.6) is 5.75 Å². The van der Waals surface area contributed by atoms with E-state index in [0.29, 0.717) is 4.88 Å². The molecule has 1 aromatic carbocycles. The van der Waals surface area contributed by atoms with E-state index in [-0.39, 0.29) is 22.1 Å². The van der Waals surface area contributed by atoms with Gasteiger partial charge in [-0.3, -0.25) is 4.79 Å². The number of aromatic hydroxyl groups is 1. The van der Waals surface area contributed by atoms with Gasteiger partial charge in [0.1, 0.15) is 5.75 Å². The number of hydrogen-bond acceptors (Lipinski definition) is 5. The van der Waals surface area contributed by atoms with Crippen molar-refractivity contribution in [1.82, 2.24) is 0 Å². The summed E-state index contributed by atoms with van der Waals surface area (Å²) in [5.41, 5.74) is 0.0557. The van der Waals surface area contributed by atoms with Gasteiger partial charge in [0.2, 0.25) is 0 Å². The van der Waals surface area contributed by atoms with Crippen LogP contribution in [-0.2, 0) is 9.84 Å². The molecular weight excluding hydrogens is 458 g/mol. The summed E-state index contributed by atoms with van der Waals surface area (Å²) in [4.78, 5) is 12.6. The maximum Gasteiger partial charge on any atom is 0.265 e. The molecular formula is C13H11Br2NO4S2. The molecule has 118 valence electrons. The van der Waals surface area contributed by atoms with Crippen LogP contribution in [0.1, 0.15) is 16.6 Å². The Kier molecular flexibility index (Phi) is 5.31. The Hall–Kier alpha value is -0.900. The summed E-state index contributed by atoms with van der Waals surface area (Å²) < 4.78 is 25.2. The van der Waals surface area contributed by atoms with E-state index >= 15 is 0 Å². The molecule has 2 rings (SSSR count). The molecule has 0 fully saturated rings. The van der Waals surface area contributed by atoms with Gasteiger partial charge in [0.25, 0.3) is 5.91 Å². The second-order valence-electron chi connectivity index (χ2n) is 4.27. The normalized spacial score (nSPS) is 11.4. The SMILES string of the molecule is CCS(=O)(=O)c1ccc(O)c(NC(=O)c2cc(Br)c(Br)s2)c1. The van der Waals surface area contributed by atoms with E-state index in [2.05, 4.69) is 37.2 Å². The molecule has 9 heteroatoms. The third kappa shape index (κ3) is 3.70. The second-order valence-corrected chi connectivity index (χ2v) is 9.77. The lowest BCUT2D eigenvalue weighted by Crippen LogP contribution is -2.11. The van der Waals surface area contributed by atoms with E-state index in [9.17, 15) is 18.3 Å². The van der Waals surface area contributed by atoms with Crippen LogP contribution in [-0.4, -0.2) is 25.2 Å². The maximum atomic E-state index is 12.2. The molecule has 0 atom stereocenters. The van der Waals surface area contributed by atoms with Crippen molar-refractivity contribution in [3.8, 4) is 5.75 Å². The average molecular weight is 469 g/mol. The zero-order valence-electron chi connectivity index (χ0n) is 11.3. The van der Waals surface area contributed by atoms with Crippen molar-refractivity contribution in [2.24, 2.45) is 0 Å². The number of benzene rings is 1. The summed E-state index contributed by atoms with van der Waals surface area (Å²) >= 11 is 7.80. The van der Waals surface area contributed by atoms with E-state index in [1.165, 1.54) is 36.5 Å². The molecule has 0 aliphatic heterocycles. The molecule has 0 spiro atoms. The number of carbonyl (C=O) groups is 1. The first kappa shape index (κ1) is 17.5. The molecule has 0 saturated carbocycles. The number of halogens is 2. The highest BCUT2D eigenvalue weighted by atomic mass is 79.9. The Labute approximate surface area is 148 Å². The van der Waals surface area contributed by atoms with Crippen LogP contribution in [0.25, 0.3) is 0 Å². The quantitative estimate of drug-likeness (QED) is 0.663. The minimum absolute atomic E-state index is 0.0524. The lowest BCUT2D eigenvalue weighted by atomic mass is 10.3. The number of carbonyl (C=O) groups excluding carboxylic acids is 1. The Bertz CT molecular complexity index is 811. The minimum Gasteiger partial charge on any atom is -0.506 e. The van der Waals surface area contributed by atoms with Crippen molar-refractivity contribution in [3.05, 3.63) is 37.4 Å². The summed E-state index contributed by atoms with van der Waals surface area (Å²) in [5, 5.41) is 12.3. The highest BCUT2D eigenvalue weighted by Gasteiger charge is 2.17. The third-order valence-corrected chi connectivity index (χ3v) is 7.81. The van der Waals surface area contributed by atoms with E-state index in [4.69, 9.17) is 0 Å². The lowest BCUT2D eigenvalue weighted by molar-refractivity contribution is 0.103. The molecule has 0 aliphatic carbocycles. The topological polar surface area (TPSA) is 83.5 Å². The minimum atomic E-state index is -3.42. The van der Waals surface area contributed by atoms with Crippen molar-refractivity contribution >= 4 is 64.6 Å². The van der Waals surface area contributed by atoms with Crippen LogP contribution in [0.4, 0.5) is 5.69 Å². The maximum absolute atomic E-state index is 12.2. The van der Waals surface area contributed by atoms with Crippen LogP contribution in [0, 0.1) is 0 Å². The van der Waals surface area contributed by atoms with E-state index in [1.807, 2.05) is 0 Å². The van der Waals surface area contributed by atoms with Crippen LogP contribution in [0.2, 0.25) is 0 Å². The van der Waals surface area contributed by atoms with Crippen molar-refractivity contribution in [1.29, 1.82) is 0 Å². The predicted molar refractivity (Wildman–Crippen MR) is 93.5 cm³/mol. The lowest BCUT2D eigenvalue weighted by Gasteiger charge is -2.09. The fourth-order valence-corrected chi connectivity index (χ4v) is 4.45. The molecule has 1 amide bonds. The molecule has 22 heavy (non-hydrogen) atoms. The first-order chi connectivity index (χ1) is 10.2. The number of sulfone groups is 1. The van der Waals surface area contributed by atoms with Crippen molar-refractivity contribution < 1.29 is 18.3 Å². The van der Waals surface area contributed by atoms with Gasteiger partial charge in [-0.05, 0) is 56.1 Å². The van der Waals surface area contributed by atoms with Gasteiger partial charge in [-0.15, -0.1) is 11.3 Å². The molecule has 0 aliphatic rings. The zero-order valence-corrected chi connectivity index (χ0v) is 16.1. The van der Waals surface area contributed by atoms with Gasteiger partial charge < -0.3 is 10.4 Å². The molecule has 0 unspecified atom stereocenters. The van der Waals surface area contributed by atoms with Gasteiger partial charge >= 0.3 is 0 Å². The average Bonchev–Trinajstić information content (AvgIpc) is 2.81. The van der Waals surface area contributed by atoms with Crippen LogP contribution in [0.3, 0.4) is 0 Å². The number of hydrogen-bond donors (Lipinski definition) is 2. The van der Waals surface area contributed by atoms with Gasteiger partial charge in [0.05, 0.1) is 25.0 Å². The number of phenolic OH excluding ortho intramolecular Hbond substituents is 1. The van der Waals surface area contributed by atoms with Gasteiger partial charge in [-0.2, -0.15) is 0 Å². The Morgan fingerprint density at radius 1 is 1.32 bits per heavy atom. The molecule has 5 nitrogen and oxygen atoms in total. The number of phenols is 1. The summed E-state index contributed by atoms with van der Waals surface area (Å²) in [6.07, 6.45) is 0. The highest BCUT2D eigenvalue weighted by Crippen LogP contribution is 2.33. The van der Waals surface area contributed by atoms with Crippen LogP contribution in [0.15, 0.2) is 37.4 Å². The number of nitrogens with one attached hydrogen (secondary N) is 1. The third-order valence-electron chi connectivity index (χ3n) is 2.82. The summed E-state index contributed by atoms with van der Waals surface area (Å²) in [6, 6.07) is 5.44. The summed E-state index contributed by atoms with van der Waals surface area (Å²) in [6.45, 7) is 1.53. The molecule has 0 radical (unpaired) electrons. The van der Waals surface area contributed by atoms with E-state index in [1.54, 1.807) is 6.07 Å². The zero-order chi connectivity index (χ0) is 16.5. The fraction of sp³-hybridized carbons (Fsp3) is 0.154. The van der Waals surface area contributed by atoms with E-state index < -0.39 is 15.7 Å². The van der Waals surface area contributed by atoms with Crippen molar-refractivity contribution in [2.45, 2.75) is 11.8 Å². The Balaban J connectivity index is 2.33. The first-order valence-electron chi connectivity index (χ1n) is 6.06. The van der Waals surface area contributed by atoms with Crippen LogP contribution >= 0.6 is 43.2 Å². The Morgan fingerprint density at radius 2 is 2.00 bits per heavy atom. The predicted octanol–water partition coefficient (Wildman–Crippen LogP) is 4.02. The molecule has 1 heterocycles. The summed E-state index contributed by atoms with van der Waals surface area (Å²) in [7, 11) is -3.42. The fourth-order valence-electron chi connectivity index (χ4n) is 1.62. The van der Waals surface area contributed by atoms with Crippen LogP contribution < -0.4 is 5.32 Å². The first-order valence-corrected chi connectivity index (χ1v) is 10.1. The number of rotatable bonds is 4. The van der Waals surface area contributed by atoms with Crippen molar-refractivity contribution in [3.63, 3.8) is 0 Å². The molecule has 2 aromatic rings. The van der Waals surface area contributed by atoms with Gasteiger partial charge in [0.15, 0.2) is 9.84 Å². The molecule has 1 aromatic heterocycles. The molecule has 0 saturated heterocycles. The van der Waals surface area contributed by atoms with Crippen molar-refractivity contribution in [2.75, 3.05) is 11.1 Å². The standard InChI is InChI=1S/C13H11Br2NO4S2/c1-2-22(19,20)7-3-4-10(17)9(5-7)16-13(18)11-6-8(14)12(15)21-11/h3-6,17H,2H2,1H3,(H,16,18). The smallest absolute Gasteiger partial charge is 0.265 e. The number of anilines is 1. The van der Waals surface area contributed by atoms with E-state index in [0.717, 1.165) is 8.26 Å². The highest BCUT2D eigenvalue weighted by molar-refractivity contribution is 9.13. The van der Waals surface area contributed by atoms with Gasteiger partial charge in [0, 0.05) is 4.47 Å². The summed E-state index contributed by atoms with van der Waals surface area (Å²) in [5.74, 6) is -0.688. The monoisotopic (exact) mass is 467 g/mol. The van der Waals surface area contributed by atoms with Gasteiger partial charge in [-0.25, -0.2) is 8.42 Å². The van der Waals surface area contributed by atoms with Gasteiger partial charge in [-0.1, -0.05) is 6.92 Å². The molecule has 0 bridgehead atoms. The largest absolute Gasteiger partial charge is 0.506 e. The number of thiophene rings is 1. The number of amides is 1. The second kappa shape index (κ2) is 6.69. The Morgan fingerprint density at radius 3 is 2.55 bits per heavy atom.